The molecule has 0 radical (unpaired) electrons. The molecule has 1 aliphatic carbocycles. The molecule has 2 aromatic rings. The summed E-state index contributed by atoms with van der Waals surface area (Å²) in [4.78, 5) is 16.7. The third kappa shape index (κ3) is 3.33. The van der Waals surface area contributed by atoms with E-state index in [1.54, 1.807) is 12.1 Å². The molecule has 6 nitrogen and oxygen atoms in total. The average molecular weight is 300 g/mol. The summed E-state index contributed by atoms with van der Waals surface area (Å²) in [6, 6.07) is 7.34. The Morgan fingerprint density at radius 1 is 1.50 bits per heavy atom. The minimum Gasteiger partial charge on any atom is -0.396 e. The van der Waals surface area contributed by atoms with Gasteiger partial charge in [0.2, 0.25) is 0 Å². The number of amides is 1. The molecule has 0 bridgehead atoms. The summed E-state index contributed by atoms with van der Waals surface area (Å²) in [6.45, 7) is 1.93. The lowest BCUT2D eigenvalue weighted by atomic mass is 10.1. The number of aromatic amines is 1. The van der Waals surface area contributed by atoms with E-state index in [0.717, 1.165) is 24.2 Å². The van der Waals surface area contributed by atoms with Crippen LogP contribution in [-0.4, -0.2) is 38.8 Å². The van der Waals surface area contributed by atoms with Crippen molar-refractivity contribution >= 4 is 5.91 Å². The van der Waals surface area contributed by atoms with Crippen LogP contribution in [0, 0.1) is 12.8 Å². The van der Waals surface area contributed by atoms with Gasteiger partial charge >= 0.3 is 0 Å². The largest absolute Gasteiger partial charge is 0.396 e. The SMILES string of the molecule is Cc1nc(-c2cccc(C(=O)NC(CCO)C3CC3)c2)n[nH]1. The molecule has 3 N–H and O–H groups in total. The molecular formula is C16H20N4O2. The van der Waals surface area contributed by atoms with Gasteiger partial charge in [-0.1, -0.05) is 12.1 Å². The van der Waals surface area contributed by atoms with E-state index >= 15 is 0 Å². The van der Waals surface area contributed by atoms with Crippen molar-refractivity contribution in [3.05, 3.63) is 35.7 Å². The summed E-state index contributed by atoms with van der Waals surface area (Å²) in [6.07, 6.45) is 2.86. The predicted molar refractivity (Wildman–Crippen MR) is 82.2 cm³/mol. The lowest BCUT2D eigenvalue weighted by Gasteiger charge is -2.17. The number of carbonyl (C=O) groups excluding carboxylic acids is 1. The first kappa shape index (κ1) is 14.7. The fraction of sp³-hybridized carbons (Fsp3) is 0.438. The van der Waals surface area contributed by atoms with Crippen LogP contribution in [0.4, 0.5) is 0 Å². The molecule has 1 aliphatic rings. The molecule has 6 heteroatoms. The van der Waals surface area contributed by atoms with Gasteiger partial charge in [-0.15, -0.1) is 0 Å². The minimum absolute atomic E-state index is 0.0620. The van der Waals surface area contributed by atoms with Gasteiger partial charge < -0.3 is 10.4 Å². The monoisotopic (exact) mass is 300 g/mol. The molecule has 1 fully saturated rings. The van der Waals surface area contributed by atoms with Crippen LogP contribution in [0.3, 0.4) is 0 Å². The van der Waals surface area contributed by atoms with Gasteiger partial charge in [0.1, 0.15) is 5.82 Å². The van der Waals surface area contributed by atoms with Crippen LogP contribution in [-0.2, 0) is 0 Å². The standard InChI is InChI=1S/C16H20N4O2/c1-10-17-15(20-19-10)12-3-2-4-13(9-12)16(22)18-14(7-8-21)11-5-6-11/h2-4,9,11,14,21H,5-8H2,1H3,(H,18,22)(H,17,19,20). The van der Waals surface area contributed by atoms with E-state index in [2.05, 4.69) is 20.5 Å². The average Bonchev–Trinajstić information content (AvgIpc) is 3.28. The molecule has 1 heterocycles. The van der Waals surface area contributed by atoms with Crippen LogP contribution in [0.15, 0.2) is 24.3 Å². The Bertz CT molecular complexity index is 664. The van der Waals surface area contributed by atoms with Crippen LogP contribution >= 0.6 is 0 Å². The number of aryl methyl sites for hydroxylation is 1. The van der Waals surface area contributed by atoms with E-state index < -0.39 is 0 Å². The molecule has 1 atom stereocenters. The van der Waals surface area contributed by atoms with Gasteiger partial charge in [0, 0.05) is 23.8 Å². The van der Waals surface area contributed by atoms with Crippen molar-refractivity contribution in [1.82, 2.24) is 20.5 Å². The van der Waals surface area contributed by atoms with Gasteiger partial charge in [0.05, 0.1) is 0 Å². The van der Waals surface area contributed by atoms with E-state index in [1.807, 2.05) is 19.1 Å². The summed E-state index contributed by atoms with van der Waals surface area (Å²) in [5, 5.41) is 19.1. The fourth-order valence-corrected chi connectivity index (χ4v) is 2.59. The molecule has 1 saturated carbocycles. The number of nitrogens with one attached hydrogen (secondary N) is 2. The zero-order chi connectivity index (χ0) is 15.5. The predicted octanol–water partition coefficient (Wildman–Crippen LogP) is 1.67. The van der Waals surface area contributed by atoms with E-state index in [0.29, 0.717) is 23.7 Å². The highest BCUT2D eigenvalue weighted by Crippen LogP contribution is 2.34. The molecule has 0 spiro atoms. The van der Waals surface area contributed by atoms with E-state index in [9.17, 15) is 4.79 Å². The molecule has 3 rings (SSSR count). The van der Waals surface area contributed by atoms with Crippen molar-refractivity contribution in [2.75, 3.05) is 6.61 Å². The Morgan fingerprint density at radius 3 is 2.95 bits per heavy atom. The molecule has 116 valence electrons. The maximum Gasteiger partial charge on any atom is 0.251 e. The zero-order valence-corrected chi connectivity index (χ0v) is 12.5. The van der Waals surface area contributed by atoms with Gasteiger partial charge in [-0.3, -0.25) is 9.89 Å². The topological polar surface area (TPSA) is 90.9 Å². The van der Waals surface area contributed by atoms with E-state index in [1.165, 1.54) is 0 Å². The number of hydrogen-bond donors (Lipinski definition) is 3. The summed E-state index contributed by atoms with van der Waals surface area (Å²) in [7, 11) is 0. The Balaban J connectivity index is 1.75. The molecule has 1 unspecified atom stereocenters. The second-order valence-corrected chi connectivity index (χ2v) is 5.75. The Hall–Kier alpha value is -2.21. The maximum atomic E-state index is 12.4. The summed E-state index contributed by atoms with van der Waals surface area (Å²) in [5.74, 6) is 1.72. The van der Waals surface area contributed by atoms with Crippen molar-refractivity contribution in [3.8, 4) is 11.4 Å². The molecule has 0 saturated heterocycles. The molecule has 1 aromatic heterocycles. The number of nitrogens with zero attached hydrogens (tertiary/aromatic N) is 2. The van der Waals surface area contributed by atoms with Gasteiger partial charge in [-0.2, -0.15) is 5.10 Å². The fourth-order valence-electron chi connectivity index (χ4n) is 2.59. The highest BCUT2D eigenvalue weighted by atomic mass is 16.3. The summed E-state index contributed by atoms with van der Waals surface area (Å²) >= 11 is 0. The van der Waals surface area contributed by atoms with Crippen molar-refractivity contribution in [3.63, 3.8) is 0 Å². The second-order valence-electron chi connectivity index (χ2n) is 5.75. The van der Waals surface area contributed by atoms with Gasteiger partial charge in [0.25, 0.3) is 5.91 Å². The number of rotatable bonds is 6. The Kier molecular flexibility index (Phi) is 4.20. The smallest absolute Gasteiger partial charge is 0.251 e. The quantitative estimate of drug-likeness (QED) is 0.757. The van der Waals surface area contributed by atoms with Crippen LogP contribution in [0.1, 0.15) is 35.4 Å². The molecular weight excluding hydrogens is 280 g/mol. The molecule has 0 aliphatic heterocycles. The maximum absolute atomic E-state index is 12.4. The van der Waals surface area contributed by atoms with E-state index in [-0.39, 0.29) is 18.6 Å². The Labute approximate surface area is 129 Å². The highest BCUT2D eigenvalue weighted by molar-refractivity contribution is 5.95. The lowest BCUT2D eigenvalue weighted by Crippen LogP contribution is -2.37. The lowest BCUT2D eigenvalue weighted by molar-refractivity contribution is 0.0924. The number of aliphatic hydroxyl groups excluding tert-OH is 1. The van der Waals surface area contributed by atoms with Crippen LogP contribution in [0.5, 0.6) is 0 Å². The van der Waals surface area contributed by atoms with Crippen molar-refractivity contribution < 1.29 is 9.90 Å². The number of aromatic nitrogens is 3. The van der Waals surface area contributed by atoms with Gasteiger partial charge in [0.15, 0.2) is 5.82 Å². The van der Waals surface area contributed by atoms with Gasteiger partial charge in [-0.05, 0) is 44.2 Å². The van der Waals surface area contributed by atoms with Crippen LogP contribution < -0.4 is 5.32 Å². The van der Waals surface area contributed by atoms with Crippen LogP contribution in [0.25, 0.3) is 11.4 Å². The summed E-state index contributed by atoms with van der Waals surface area (Å²) < 4.78 is 0. The number of aliphatic hydroxyl groups is 1. The Morgan fingerprint density at radius 2 is 2.32 bits per heavy atom. The number of H-pyrrole nitrogens is 1. The van der Waals surface area contributed by atoms with Crippen molar-refractivity contribution in [1.29, 1.82) is 0 Å². The first-order valence-electron chi connectivity index (χ1n) is 7.58. The number of carbonyl (C=O) groups is 1. The number of hydrogen-bond acceptors (Lipinski definition) is 4. The third-order valence-corrected chi connectivity index (χ3v) is 3.93. The van der Waals surface area contributed by atoms with Gasteiger partial charge in [-0.25, -0.2) is 4.98 Å². The molecule has 1 aromatic carbocycles. The first-order valence-corrected chi connectivity index (χ1v) is 7.58. The van der Waals surface area contributed by atoms with Crippen molar-refractivity contribution in [2.24, 2.45) is 5.92 Å². The minimum atomic E-state index is -0.112. The molecule has 22 heavy (non-hydrogen) atoms. The number of benzene rings is 1. The van der Waals surface area contributed by atoms with E-state index in [4.69, 9.17) is 5.11 Å². The van der Waals surface area contributed by atoms with Crippen molar-refractivity contribution in [2.45, 2.75) is 32.2 Å². The third-order valence-electron chi connectivity index (χ3n) is 3.93. The highest BCUT2D eigenvalue weighted by Gasteiger charge is 2.31. The molecule has 1 amide bonds. The normalized spacial score (nSPS) is 15.5. The summed E-state index contributed by atoms with van der Waals surface area (Å²) in [5.41, 5.74) is 1.39. The second kappa shape index (κ2) is 6.27. The first-order chi connectivity index (χ1) is 10.7. The zero-order valence-electron chi connectivity index (χ0n) is 12.5. The van der Waals surface area contributed by atoms with Crippen LogP contribution in [0.2, 0.25) is 0 Å².